The highest BCUT2D eigenvalue weighted by Crippen LogP contribution is 2.29. The van der Waals surface area contributed by atoms with Crippen LogP contribution in [0.4, 0.5) is 0 Å². The molecule has 0 radical (unpaired) electrons. The molecule has 3 aromatic carbocycles. The van der Waals surface area contributed by atoms with Crippen molar-refractivity contribution in [1.29, 1.82) is 0 Å². The van der Waals surface area contributed by atoms with Gasteiger partial charge < -0.3 is 24.4 Å². The van der Waals surface area contributed by atoms with Crippen molar-refractivity contribution in [2.75, 3.05) is 34.0 Å². The summed E-state index contributed by atoms with van der Waals surface area (Å²) in [5.74, 6) is 0.746. The van der Waals surface area contributed by atoms with Gasteiger partial charge in [-0.25, -0.2) is 0 Å². The molecule has 2 amide bonds. The Morgan fingerprint density at radius 3 is 2.19 bits per heavy atom. The van der Waals surface area contributed by atoms with E-state index in [0.29, 0.717) is 44.2 Å². The third kappa shape index (κ3) is 8.08. The molecule has 0 aliphatic carbocycles. The summed E-state index contributed by atoms with van der Waals surface area (Å²) in [6.45, 7) is 3.90. The highest BCUT2D eigenvalue weighted by Gasteiger charge is 2.31. The van der Waals surface area contributed by atoms with Gasteiger partial charge in [-0.1, -0.05) is 66.7 Å². The van der Waals surface area contributed by atoms with E-state index < -0.39 is 6.04 Å². The standard InChI is InChI=1S/C30H36N2O5/c1-4-37-19-11-18-31-30(34)29(25-14-9-6-10-15-25)32(22-23-12-7-5-8-13-23)28(33)21-24-16-17-26(35-2)27(20-24)36-3/h5-10,12-17,20,29H,4,11,18-19,21-22H2,1-3H3,(H,31,34)/t29-/m1/s1. The Morgan fingerprint density at radius 1 is 0.865 bits per heavy atom. The summed E-state index contributed by atoms with van der Waals surface area (Å²) in [5, 5.41) is 3.01. The van der Waals surface area contributed by atoms with E-state index in [-0.39, 0.29) is 18.2 Å². The molecule has 3 aromatic rings. The van der Waals surface area contributed by atoms with Crippen molar-refractivity contribution in [3.05, 3.63) is 95.6 Å². The van der Waals surface area contributed by atoms with Crippen LogP contribution < -0.4 is 14.8 Å². The molecule has 0 saturated carbocycles. The molecular formula is C30H36N2O5. The fourth-order valence-electron chi connectivity index (χ4n) is 4.11. The summed E-state index contributed by atoms with van der Waals surface area (Å²) < 4.78 is 16.1. The molecule has 1 N–H and O–H groups in total. The Morgan fingerprint density at radius 2 is 1.54 bits per heavy atom. The summed E-state index contributed by atoms with van der Waals surface area (Å²) in [6, 6.07) is 23.7. The number of hydrogen-bond acceptors (Lipinski definition) is 5. The number of benzene rings is 3. The third-order valence-corrected chi connectivity index (χ3v) is 5.96. The Balaban J connectivity index is 1.92. The molecule has 3 rings (SSSR count). The molecule has 37 heavy (non-hydrogen) atoms. The van der Waals surface area contributed by atoms with E-state index >= 15 is 0 Å². The second-order valence-electron chi connectivity index (χ2n) is 8.53. The fraction of sp³-hybridized carbons (Fsp3) is 0.333. The van der Waals surface area contributed by atoms with Crippen molar-refractivity contribution in [1.82, 2.24) is 10.2 Å². The van der Waals surface area contributed by atoms with Crippen LogP contribution in [0.15, 0.2) is 78.9 Å². The first-order valence-corrected chi connectivity index (χ1v) is 12.5. The number of nitrogens with one attached hydrogen (secondary N) is 1. The number of hydrogen-bond donors (Lipinski definition) is 1. The lowest BCUT2D eigenvalue weighted by atomic mass is 10.0. The second-order valence-corrected chi connectivity index (χ2v) is 8.53. The number of ether oxygens (including phenoxy) is 3. The van der Waals surface area contributed by atoms with E-state index in [4.69, 9.17) is 14.2 Å². The van der Waals surface area contributed by atoms with Gasteiger partial charge >= 0.3 is 0 Å². The van der Waals surface area contributed by atoms with Crippen LogP contribution in [-0.2, 0) is 27.3 Å². The van der Waals surface area contributed by atoms with Crippen molar-refractivity contribution >= 4 is 11.8 Å². The molecule has 7 heteroatoms. The topological polar surface area (TPSA) is 77.1 Å². The van der Waals surface area contributed by atoms with Gasteiger partial charge in [-0.2, -0.15) is 0 Å². The summed E-state index contributed by atoms with van der Waals surface area (Å²) in [7, 11) is 3.13. The number of methoxy groups -OCH3 is 2. The van der Waals surface area contributed by atoms with Crippen LogP contribution in [-0.4, -0.2) is 50.7 Å². The van der Waals surface area contributed by atoms with Crippen LogP contribution in [0.5, 0.6) is 11.5 Å². The van der Waals surface area contributed by atoms with Gasteiger partial charge in [0.05, 0.1) is 20.6 Å². The first-order valence-electron chi connectivity index (χ1n) is 12.5. The van der Waals surface area contributed by atoms with Crippen molar-refractivity contribution in [3.63, 3.8) is 0 Å². The third-order valence-electron chi connectivity index (χ3n) is 5.96. The summed E-state index contributed by atoms with van der Waals surface area (Å²) >= 11 is 0. The predicted molar refractivity (Wildman–Crippen MR) is 144 cm³/mol. The zero-order valence-electron chi connectivity index (χ0n) is 21.8. The Kier molecular flexibility index (Phi) is 11.0. The molecule has 0 aromatic heterocycles. The monoisotopic (exact) mass is 504 g/mol. The lowest BCUT2D eigenvalue weighted by Crippen LogP contribution is -2.44. The Hall–Kier alpha value is -3.84. The normalized spacial score (nSPS) is 11.4. The lowest BCUT2D eigenvalue weighted by Gasteiger charge is -2.32. The SMILES string of the molecule is CCOCCCNC(=O)[C@@H](c1ccccc1)N(Cc1ccccc1)C(=O)Cc1ccc(OC)c(OC)c1. The highest BCUT2D eigenvalue weighted by molar-refractivity contribution is 5.89. The van der Waals surface area contributed by atoms with Crippen LogP contribution in [0.2, 0.25) is 0 Å². The number of carbonyl (C=O) groups excluding carboxylic acids is 2. The van der Waals surface area contributed by atoms with Gasteiger partial charge in [-0.05, 0) is 42.2 Å². The van der Waals surface area contributed by atoms with E-state index in [1.807, 2.05) is 73.7 Å². The van der Waals surface area contributed by atoms with Crippen molar-refractivity contribution < 1.29 is 23.8 Å². The number of nitrogens with zero attached hydrogens (tertiary/aromatic N) is 1. The summed E-state index contributed by atoms with van der Waals surface area (Å²) in [6.07, 6.45) is 0.799. The van der Waals surface area contributed by atoms with Crippen molar-refractivity contribution in [2.45, 2.75) is 32.4 Å². The molecule has 0 aliphatic heterocycles. The zero-order valence-corrected chi connectivity index (χ0v) is 21.8. The van der Waals surface area contributed by atoms with Crippen LogP contribution in [0.1, 0.15) is 36.1 Å². The van der Waals surface area contributed by atoms with Crippen LogP contribution in [0, 0.1) is 0 Å². The van der Waals surface area contributed by atoms with E-state index in [2.05, 4.69) is 5.32 Å². The number of carbonyl (C=O) groups is 2. The van der Waals surface area contributed by atoms with Gasteiger partial charge in [0.1, 0.15) is 6.04 Å². The predicted octanol–water partition coefficient (Wildman–Crippen LogP) is 4.56. The minimum absolute atomic E-state index is 0.105. The van der Waals surface area contributed by atoms with Crippen LogP contribution in [0.3, 0.4) is 0 Å². The maximum absolute atomic E-state index is 13.9. The Bertz CT molecular complexity index is 1120. The Labute approximate surface area is 219 Å². The van der Waals surface area contributed by atoms with Crippen LogP contribution in [0.25, 0.3) is 0 Å². The van der Waals surface area contributed by atoms with Crippen molar-refractivity contribution in [2.24, 2.45) is 0 Å². The molecule has 0 spiro atoms. The average molecular weight is 505 g/mol. The average Bonchev–Trinajstić information content (AvgIpc) is 2.93. The molecule has 196 valence electrons. The molecule has 1 atom stereocenters. The van der Waals surface area contributed by atoms with E-state index in [9.17, 15) is 9.59 Å². The molecule has 0 bridgehead atoms. The molecule has 0 aliphatic rings. The first-order chi connectivity index (χ1) is 18.1. The summed E-state index contributed by atoms with van der Waals surface area (Å²) in [4.78, 5) is 29.1. The maximum Gasteiger partial charge on any atom is 0.247 e. The van der Waals surface area contributed by atoms with E-state index in [0.717, 1.165) is 16.7 Å². The van der Waals surface area contributed by atoms with Crippen molar-refractivity contribution in [3.8, 4) is 11.5 Å². The smallest absolute Gasteiger partial charge is 0.247 e. The first kappa shape index (κ1) is 27.7. The molecule has 7 nitrogen and oxygen atoms in total. The maximum atomic E-state index is 13.9. The minimum atomic E-state index is -0.791. The highest BCUT2D eigenvalue weighted by atomic mass is 16.5. The van der Waals surface area contributed by atoms with Crippen LogP contribution >= 0.6 is 0 Å². The largest absolute Gasteiger partial charge is 0.493 e. The van der Waals surface area contributed by atoms with E-state index in [1.54, 1.807) is 31.3 Å². The zero-order chi connectivity index (χ0) is 26.5. The molecule has 0 fully saturated rings. The second kappa shape index (κ2) is 14.7. The molecule has 0 unspecified atom stereocenters. The van der Waals surface area contributed by atoms with Gasteiger partial charge in [0.25, 0.3) is 0 Å². The van der Waals surface area contributed by atoms with Gasteiger partial charge in [-0.3, -0.25) is 9.59 Å². The molecule has 0 heterocycles. The molecular weight excluding hydrogens is 468 g/mol. The number of rotatable bonds is 14. The van der Waals surface area contributed by atoms with E-state index in [1.165, 1.54) is 0 Å². The summed E-state index contributed by atoms with van der Waals surface area (Å²) in [5.41, 5.74) is 2.46. The molecule has 0 saturated heterocycles. The van der Waals surface area contributed by atoms with Gasteiger partial charge in [0.2, 0.25) is 11.8 Å². The van der Waals surface area contributed by atoms with Gasteiger partial charge in [-0.15, -0.1) is 0 Å². The minimum Gasteiger partial charge on any atom is -0.493 e. The van der Waals surface area contributed by atoms with Gasteiger partial charge in [0, 0.05) is 26.3 Å². The lowest BCUT2D eigenvalue weighted by molar-refractivity contribution is -0.141. The number of amides is 2. The van der Waals surface area contributed by atoms with Gasteiger partial charge in [0.15, 0.2) is 11.5 Å². The fourth-order valence-corrected chi connectivity index (χ4v) is 4.11. The quantitative estimate of drug-likeness (QED) is 0.326.